The standard InChI is InChI=1S/C12H15ClN4O2/c13-10-7-9(1-2-15-10)12(19)17-5-3-16(4-6-17)8-11(14)18/h1-2,7H,3-6,8H2,(H2,14,18). The van der Waals surface area contributed by atoms with E-state index in [0.717, 1.165) is 0 Å². The Morgan fingerprint density at radius 3 is 2.58 bits per heavy atom. The van der Waals surface area contributed by atoms with Crippen molar-refractivity contribution in [1.29, 1.82) is 0 Å². The first-order chi connectivity index (χ1) is 9.06. The Kier molecular flexibility index (Phi) is 4.34. The molecule has 2 N–H and O–H groups in total. The first-order valence-corrected chi connectivity index (χ1v) is 6.35. The van der Waals surface area contributed by atoms with Crippen LogP contribution < -0.4 is 5.73 Å². The Hall–Kier alpha value is -1.66. The maximum atomic E-state index is 12.2. The van der Waals surface area contributed by atoms with Crippen LogP contribution in [0.5, 0.6) is 0 Å². The summed E-state index contributed by atoms with van der Waals surface area (Å²) in [5, 5.41) is 0.304. The van der Waals surface area contributed by atoms with Crippen LogP contribution in [0.2, 0.25) is 5.15 Å². The number of primary amides is 1. The molecule has 0 unspecified atom stereocenters. The molecule has 0 spiro atoms. The molecule has 102 valence electrons. The molecular weight excluding hydrogens is 268 g/mol. The van der Waals surface area contributed by atoms with Crippen molar-refractivity contribution < 1.29 is 9.59 Å². The molecule has 0 saturated carbocycles. The number of nitrogens with zero attached hydrogens (tertiary/aromatic N) is 3. The van der Waals surface area contributed by atoms with E-state index in [1.54, 1.807) is 17.0 Å². The third kappa shape index (κ3) is 3.65. The summed E-state index contributed by atoms with van der Waals surface area (Å²) in [6.45, 7) is 2.68. The number of hydrogen-bond acceptors (Lipinski definition) is 4. The molecule has 7 heteroatoms. The van der Waals surface area contributed by atoms with E-state index in [2.05, 4.69) is 4.98 Å². The monoisotopic (exact) mass is 282 g/mol. The molecule has 6 nitrogen and oxygen atoms in total. The largest absolute Gasteiger partial charge is 0.369 e. The van der Waals surface area contributed by atoms with Gasteiger partial charge in [0.2, 0.25) is 5.91 Å². The summed E-state index contributed by atoms with van der Waals surface area (Å²) in [6, 6.07) is 3.20. The van der Waals surface area contributed by atoms with Crippen molar-refractivity contribution in [3.8, 4) is 0 Å². The molecule has 0 atom stereocenters. The number of nitrogens with two attached hydrogens (primary N) is 1. The number of piperazine rings is 1. The fourth-order valence-electron chi connectivity index (χ4n) is 2.05. The van der Waals surface area contributed by atoms with Gasteiger partial charge in [-0.25, -0.2) is 4.98 Å². The third-order valence-corrected chi connectivity index (χ3v) is 3.22. The first kappa shape index (κ1) is 13.8. The smallest absolute Gasteiger partial charge is 0.254 e. The number of pyridine rings is 1. The Bertz CT molecular complexity index is 486. The van der Waals surface area contributed by atoms with Crippen molar-refractivity contribution in [2.24, 2.45) is 5.73 Å². The zero-order valence-electron chi connectivity index (χ0n) is 10.4. The number of hydrogen-bond donors (Lipinski definition) is 1. The molecule has 1 fully saturated rings. The topological polar surface area (TPSA) is 79.5 Å². The molecule has 0 radical (unpaired) electrons. The van der Waals surface area contributed by atoms with E-state index >= 15 is 0 Å². The maximum absolute atomic E-state index is 12.2. The molecule has 1 aromatic rings. The van der Waals surface area contributed by atoms with Gasteiger partial charge in [0.15, 0.2) is 0 Å². The van der Waals surface area contributed by atoms with Gasteiger partial charge >= 0.3 is 0 Å². The molecule has 0 aliphatic carbocycles. The predicted octanol–water partition coefficient (Wildman–Crippen LogP) is -0.0219. The number of rotatable bonds is 3. The van der Waals surface area contributed by atoms with Crippen LogP contribution >= 0.6 is 11.6 Å². The number of halogens is 1. The Morgan fingerprint density at radius 1 is 1.32 bits per heavy atom. The summed E-state index contributed by atoms with van der Waals surface area (Å²) >= 11 is 5.77. The van der Waals surface area contributed by atoms with Crippen molar-refractivity contribution in [3.63, 3.8) is 0 Å². The molecule has 2 rings (SSSR count). The predicted molar refractivity (Wildman–Crippen MR) is 70.8 cm³/mol. The molecule has 1 aliphatic rings. The Morgan fingerprint density at radius 2 is 2.00 bits per heavy atom. The summed E-state index contributed by atoms with van der Waals surface area (Å²) in [4.78, 5) is 30.6. The average molecular weight is 283 g/mol. The van der Waals surface area contributed by atoms with E-state index in [4.69, 9.17) is 17.3 Å². The first-order valence-electron chi connectivity index (χ1n) is 5.98. The summed E-state index contributed by atoms with van der Waals surface area (Å²) in [5.74, 6) is -0.413. The minimum atomic E-state index is -0.347. The maximum Gasteiger partial charge on any atom is 0.254 e. The molecule has 1 aromatic heterocycles. The van der Waals surface area contributed by atoms with E-state index in [1.165, 1.54) is 6.20 Å². The molecular formula is C12H15ClN4O2. The van der Waals surface area contributed by atoms with Crippen molar-refractivity contribution in [2.75, 3.05) is 32.7 Å². The van der Waals surface area contributed by atoms with Crippen LogP contribution in [0.4, 0.5) is 0 Å². The lowest BCUT2D eigenvalue weighted by Crippen LogP contribution is -2.50. The van der Waals surface area contributed by atoms with Crippen molar-refractivity contribution >= 4 is 23.4 Å². The van der Waals surface area contributed by atoms with Gasteiger partial charge < -0.3 is 10.6 Å². The van der Waals surface area contributed by atoms with Gasteiger partial charge in [-0.1, -0.05) is 11.6 Å². The Labute approximate surface area is 116 Å². The van der Waals surface area contributed by atoms with Gasteiger partial charge in [-0.05, 0) is 12.1 Å². The summed E-state index contributed by atoms with van der Waals surface area (Å²) in [7, 11) is 0. The lowest BCUT2D eigenvalue weighted by atomic mass is 10.2. The zero-order valence-corrected chi connectivity index (χ0v) is 11.1. The highest BCUT2D eigenvalue weighted by atomic mass is 35.5. The van der Waals surface area contributed by atoms with Gasteiger partial charge in [-0.3, -0.25) is 14.5 Å². The molecule has 2 amide bonds. The number of carbonyl (C=O) groups is 2. The fraction of sp³-hybridized carbons (Fsp3) is 0.417. The SMILES string of the molecule is NC(=O)CN1CCN(C(=O)c2ccnc(Cl)c2)CC1. The number of aromatic nitrogens is 1. The zero-order chi connectivity index (χ0) is 13.8. The van der Waals surface area contributed by atoms with E-state index < -0.39 is 0 Å². The van der Waals surface area contributed by atoms with Crippen LogP contribution in [0.15, 0.2) is 18.3 Å². The fourth-order valence-corrected chi connectivity index (χ4v) is 2.22. The molecule has 1 aliphatic heterocycles. The van der Waals surface area contributed by atoms with Gasteiger partial charge in [-0.15, -0.1) is 0 Å². The molecule has 0 aromatic carbocycles. The summed E-state index contributed by atoms with van der Waals surface area (Å²) in [6.07, 6.45) is 1.51. The van der Waals surface area contributed by atoms with Crippen molar-refractivity contribution in [2.45, 2.75) is 0 Å². The van der Waals surface area contributed by atoms with Gasteiger partial charge in [-0.2, -0.15) is 0 Å². The molecule has 19 heavy (non-hydrogen) atoms. The van der Waals surface area contributed by atoms with Crippen LogP contribution in [-0.4, -0.2) is 59.3 Å². The molecule has 0 bridgehead atoms. The second-order valence-corrected chi connectivity index (χ2v) is 4.79. The van der Waals surface area contributed by atoms with Crippen LogP contribution in [0, 0.1) is 0 Å². The van der Waals surface area contributed by atoms with Crippen molar-refractivity contribution in [3.05, 3.63) is 29.0 Å². The van der Waals surface area contributed by atoms with E-state index in [1.807, 2.05) is 4.90 Å². The second kappa shape index (κ2) is 5.99. The van der Waals surface area contributed by atoms with Crippen LogP contribution in [-0.2, 0) is 4.79 Å². The number of amides is 2. The summed E-state index contributed by atoms with van der Waals surface area (Å²) < 4.78 is 0. The van der Waals surface area contributed by atoms with Crippen molar-refractivity contribution in [1.82, 2.24) is 14.8 Å². The van der Waals surface area contributed by atoms with Crippen LogP contribution in [0.3, 0.4) is 0 Å². The average Bonchev–Trinajstić information content (AvgIpc) is 2.38. The van der Waals surface area contributed by atoms with Gasteiger partial charge in [0.1, 0.15) is 5.15 Å². The third-order valence-electron chi connectivity index (χ3n) is 3.01. The molecule has 1 saturated heterocycles. The van der Waals surface area contributed by atoms with Gasteiger partial charge in [0.05, 0.1) is 6.54 Å². The van der Waals surface area contributed by atoms with Gasteiger partial charge in [0.25, 0.3) is 5.91 Å². The van der Waals surface area contributed by atoms with E-state index in [9.17, 15) is 9.59 Å². The normalized spacial score (nSPS) is 16.4. The second-order valence-electron chi connectivity index (χ2n) is 4.40. The lowest BCUT2D eigenvalue weighted by molar-refractivity contribution is -0.119. The highest BCUT2D eigenvalue weighted by Gasteiger charge is 2.22. The quantitative estimate of drug-likeness (QED) is 0.790. The molecule has 2 heterocycles. The van der Waals surface area contributed by atoms with E-state index in [-0.39, 0.29) is 18.4 Å². The van der Waals surface area contributed by atoms with Gasteiger partial charge in [0, 0.05) is 37.9 Å². The lowest BCUT2D eigenvalue weighted by Gasteiger charge is -2.34. The Balaban J connectivity index is 1.94. The highest BCUT2D eigenvalue weighted by molar-refractivity contribution is 6.29. The van der Waals surface area contributed by atoms with Crippen LogP contribution in [0.1, 0.15) is 10.4 Å². The minimum absolute atomic E-state index is 0.0666. The highest BCUT2D eigenvalue weighted by Crippen LogP contribution is 2.11. The summed E-state index contributed by atoms with van der Waals surface area (Å²) in [5.41, 5.74) is 5.67. The number of carbonyl (C=O) groups excluding carboxylic acids is 2. The van der Waals surface area contributed by atoms with E-state index in [0.29, 0.717) is 36.9 Å². The minimum Gasteiger partial charge on any atom is -0.369 e. The van der Waals surface area contributed by atoms with Crippen LogP contribution in [0.25, 0.3) is 0 Å².